The molecule has 0 aliphatic heterocycles. The number of fused-ring (bicyclic) bond motifs is 2. The lowest BCUT2D eigenvalue weighted by atomic mass is 10.4. The van der Waals surface area contributed by atoms with Crippen molar-refractivity contribution < 1.29 is 0 Å². The Labute approximate surface area is 102 Å². The van der Waals surface area contributed by atoms with Crippen LogP contribution in [0.1, 0.15) is 0 Å². The normalized spacial score (nSPS) is 10.2. The molecule has 0 bridgehead atoms. The van der Waals surface area contributed by atoms with Gasteiger partial charge < -0.3 is 0 Å². The van der Waals surface area contributed by atoms with Gasteiger partial charge in [-0.25, -0.2) is 4.98 Å². The number of hydrogen-bond donors (Lipinski definition) is 1. The molecule has 18 heavy (non-hydrogen) atoms. The summed E-state index contributed by atoms with van der Waals surface area (Å²) in [5, 5.41) is 15.2. The zero-order chi connectivity index (χ0) is 12.2. The standard InChI is InChI=1S/2C6H5N3/c1-2-5-4-8-9-6(5)7-3-1;1-2-4-9-5-7-8-6(9)3-1/h1-4H,(H,7,8,9);1-5H. The molecule has 1 N–H and O–H groups in total. The molecular formula is C12H10N6. The molecule has 0 saturated carbocycles. The van der Waals surface area contributed by atoms with Gasteiger partial charge in [0.15, 0.2) is 11.3 Å². The molecule has 0 fully saturated rings. The van der Waals surface area contributed by atoms with E-state index < -0.39 is 0 Å². The van der Waals surface area contributed by atoms with E-state index in [4.69, 9.17) is 0 Å². The van der Waals surface area contributed by atoms with Gasteiger partial charge in [-0.05, 0) is 24.3 Å². The van der Waals surface area contributed by atoms with Crippen LogP contribution in [0.15, 0.2) is 55.2 Å². The van der Waals surface area contributed by atoms with Crippen molar-refractivity contribution in [3.63, 3.8) is 0 Å². The quantitative estimate of drug-likeness (QED) is 0.506. The highest BCUT2D eigenvalue weighted by Gasteiger charge is 1.89. The minimum absolute atomic E-state index is 0.845. The number of aromatic amines is 1. The van der Waals surface area contributed by atoms with Crippen molar-refractivity contribution in [1.29, 1.82) is 0 Å². The third-order valence-corrected chi connectivity index (χ3v) is 2.42. The van der Waals surface area contributed by atoms with Crippen LogP contribution in [0.2, 0.25) is 0 Å². The molecule has 0 spiro atoms. The van der Waals surface area contributed by atoms with Gasteiger partial charge in [-0.2, -0.15) is 5.10 Å². The molecule has 4 aromatic rings. The Morgan fingerprint density at radius 3 is 3.00 bits per heavy atom. The largest absolute Gasteiger partial charge is 0.289 e. The Hall–Kier alpha value is -2.76. The van der Waals surface area contributed by atoms with Crippen LogP contribution in [-0.2, 0) is 0 Å². The molecule has 0 atom stereocenters. The van der Waals surface area contributed by atoms with Gasteiger partial charge in [-0.1, -0.05) is 6.07 Å². The molecule has 6 nitrogen and oxygen atoms in total. The van der Waals surface area contributed by atoms with Crippen molar-refractivity contribution in [1.82, 2.24) is 29.8 Å². The summed E-state index contributed by atoms with van der Waals surface area (Å²) in [6.45, 7) is 0. The third-order valence-electron chi connectivity index (χ3n) is 2.42. The molecule has 0 saturated heterocycles. The summed E-state index contributed by atoms with van der Waals surface area (Å²) in [5.74, 6) is 0. The van der Waals surface area contributed by atoms with Gasteiger partial charge in [0.1, 0.15) is 6.33 Å². The van der Waals surface area contributed by atoms with Gasteiger partial charge in [0.2, 0.25) is 0 Å². The number of rotatable bonds is 0. The van der Waals surface area contributed by atoms with Crippen LogP contribution in [0.4, 0.5) is 0 Å². The molecule has 4 heterocycles. The van der Waals surface area contributed by atoms with E-state index in [-0.39, 0.29) is 0 Å². The highest BCUT2D eigenvalue weighted by molar-refractivity contribution is 5.72. The van der Waals surface area contributed by atoms with E-state index in [0.29, 0.717) is 0 Å². The first-order chi connectivity index (χ1) is 8.93. The maximum Gasteiger partial charge on any atom is 0.160 e. The molecule has 0 unspecified atom stereocenters. The summed E-state index contributed by atoms with van der Waals surface area (Å²) in [6.07, 6.45) is 7.08. The molecule has 0 aromatic carbocycles. The molecule has 0 aliphatic rings. The molecule has 88 valence electrons. The molecule has 6 heteroatoms. The van der Waals surface area contributed by atoms with Crippen LogP contribution in [-0.4, -0.2) is 29.8 Å². The van der Waals surface area contributed by atoms with Crippen molar-refractivity contribution in [3.05, 3.63) is 55.2 Å². The Morgan fingerprint density at radius 2 is 2.11 bits per heavy atom. The highest BCUT2D eigenvalue weighted by Crippen LogP contribution is 2.03. The zero-order valence-electron chi connectivity index (χ0n) is 9.43. The molecular weight excluding hydrogens is 228 g/mol. The fourth-order valence-corrected chi connectivity index (χ4v) is 1.55. The van der Waals surface area contributed by atoms with Crippen LogP contribution < -0.4 is 0 Å². The van der Waals surface area contributed by atoms with Gasteiger partial charge >= 0.3 is 0 Å². The predicted octanol–water partition coefficient (Wildman–Crippen LogP) is 1.69. The lowest BCUT2D eigenvalue weighted by Crippen LogP contribution is -1.77. The first kappa shape index (κ1) is 10.4. The van der Waals surface area contributed by atoms with Gasteiger partial charge in [0, 0.05) is 17.8 Å². The second-order valence-electron chi connectivity index (χ2n) is 3.61. The number of hydrogen-bond acceptors (Lipinski definition) is 4. The van der Waals surface area contributed by atoms with E-state index in [9.17, 15) is 0 Å². The number of nitrogens with zero attached hydrogens (tertiary/aromatic N) is 5. The van der Waals surface area contributed by atoms with Gasteiger partial charge in [0.05, 0.1) is 6.20 Å². The lowest BCUT2D eigenvalue weighted by molar-refractivity contribution is 1.10. The summed E-state index contributed by atoms with van der Waals surface area (Å²) in [7, 11) is 0. The predicted molar refractivity (Wildman–Crippen MR) is 66.9 cm³/mol. The second-order valence-corrected chi connectivity index (χ2v) is 3.61. The van der Waals surface area contributed by atoms with E-state index in [0.717, 1.165) is 16.7 Å². The van der Waals surface area contributed by atoms with E-state index in [1.807, 2.05) is 40.9 Å². The first-order valence-corrected chi connectivity index (χ1v) is 5.42. The summed E-state index contributed by atoms with van der Waals surface area (Å²) in [5.41, 5.74) is 1.73. The Bertz CT molecular complexity index is 631. The van der Waals surface area contributed by atoms with Crippen LogP contribution in [0, 0.1) is 0 Å². The number of aromatic nitrogens is 6. The average Bonchev–Trinajstić information content (AvgIpc) is 3.08. The smallest absolute Gasteiger partial charge is 0.160 e. The lowest BCUT2D eigenvalue weighted by Gasteiger charge is -1.84. The minimum atomic E-state index is 0.845. The summed E-state index contributed by atoms with van der Waals surface area (Å²) in [4.78, 5) is 4.02. The summed E-state index contributed by atoms with van der Waals surface area (Å²) >= 11 is 0. The number of pyridine rings is 2. The zero-order valence-corrected chi connectivity index (χ0v) is 9.43. The monoisotopic (exact) mass is 238 g/mol. The first-order valence-electron chi connectivity index (χ1n) is 5.42. The Morgan fingerprint density at radius 1 is 1.11 bits per heavy atom. The Kier molecular flexibility index (Phi) is 2.67. The summed E-state index contributed by atoms with van der Waals surface area (Å²) < 4.78 is 1.86. The van der Waals surface area contributed by atoms with Crippen molar-refractivity contribution in [2.24, 2.45) is 0 Å². The van der Waals surface area contributed by atoms with E-state index >= 15 is 0 Å². The maximum absolute atomic E-state index is 4.02. The molecule has 4 aromatic heterocycles. The fourth-order valence-electron chi connectivity index (χ4n) is 1.55. The van der Waals surface area contributed by atoms with Crippen LogP contribution >= 0.6 is 0 Å². The van der Waals surface area contributed by atoms with Crippen molar-refractivity contribution in [2.45, 2.75) is 0 Å². The SMILES string of the molecule is c1ccn2cnnc2c1.c1cnc2[nH]ncc2c1. The number of H-pyrrole nitrogens is 1. The van der Waals surface area contributed by atoms with Crippen molar-refractivity contribution >= 4 is 16.7 Å². The Balaban J connectivity index is 0.000000111. The van der Waals surface area contributed by atoms with Gasteiger partial charge in [-0.15, -0.1) is 10.2 Å². The topological polar surface area (TPSA) is 71.8 Å². The van der Waals surface area contributed by atoms with Crippen LogP contribution in [0.3, 0.4) is 0 Å². The summed E-state index contributed by atoms with van der Waals surface area (Å²) in [6, 6.07) is 9.64. The maximum atomic E-state index is 4.02. The molecule has 0 radical (unpaired) electrons. The molecule has 0 amide bonds. The van der Waals surface area contributed by atoms with Crippen molar-refractivity contribution in [2.75, 3.05) is 0 Å². The van der Waals surface area contributed by atoms with E-state index in [1.54, 1.807) is 18.7 Å². The van der Waals surface area contributed by atoms with Gasteiger partial charge in [-0.3, -0.25) is 9.50 Å². The van der Waals surface area contributed by atoms with Crippen LogP contribution in [0.5, 0.6) is 0 Å². The fraction of sp³-hybridized carbons (Fsp3) is 0. The average molecular weight is 238 g/mol. The molecule has 0 aliphatic carbocycles. The van der Waals surface area contributed by atoms with E-state index in [1.165, 1.54) is 0 Å². The van der Waals surface area contributed by atoms with Gasteiger partial charge in [0.25, 0.3) is 0 Å². The van der Waals surface area contributed by atoms with Crippen LogP contribution in [0.25, 0.3) is 16.7 Å². The van der Waals surface area contributed by atoms with Crippen molar-refractivity contribution in [3.8, 4) is 0 Å². The number of nitrogens with one attached hydrogen (secondary N) is 1. The highest BCUT2D eigenvalue weighted by atomic mass is 15.2. The molecule has 4 rings (SSSR count). The van der Waals surface area contributed by atoms with E-state index in [2.05, 4.69) is 25.4 Å². The minimum Gasteiger partial charge on any atom is -0.289 e. The third kappa shape index (κ3) is 2.03. The second kappa shape index (κ2) is 4.62.